The van der Waals surface area contributed by atoms with Gasteiger partial charge in [0.15, 0.2) is 0 Å². The first kappa shape index (κ1) is 25.5. The number of rotatable bonds is 6. The Morgan fingerprint density at radius 2 is 1.79 bits per heavy atom. The molecule has 0 bridgehead atoms. The fourth-order valence-electron chi connectivity index (χ4n) is 7.46. The number of hydrogen-bond acceptors (Lipinski definition) is 3. The lowest BCUT2D eigenvalue weighted by atomic mass is 9.81. The first-order chi connectivity index (χ1) is 18.5. The van der Waals surface area contributed by atoms with E-state index in [0.29, 0.717) is 11.5 Å². The van der Waals surface area contributed by atoms with Crippen LogP contribution in [0, 0.1) is 12.8 Å². The number of anilines is 1. The molecule has 1 N–H and O–H groups in total. The molecule has 202 valence electrons. The summed E-state index contributed by atoms with van der Waals surface area (Å²) >= 11 is 0. The summed E-state index contributed by atoms with van der Waals surface area (Å²) in [6.07, 6.45) is 10.3. The van der Waals surface area contributed by atoms with Crippen LogP contribution in [-0.4, -0.2) is 53.3 Å². The molecular formula is C33H43N3O2. The van der Waals surface area contributed by atoms with Gasteiger partial charge in [0, 0.05) is 54.9 Å². The van der Waals surface area contributed by atoms with Crippen LogP contribution < -0.4 is 4.90 Å². The molecule has 3 heterocycles. The van der Waals surface area contributed by atoms with Gasteiger partial charge in [0.2, 0.25) is 0 Å². The Morgan fingerprint density at radius 1 is 0.947 bits per heavy atom. The van der Waals surface area contributed by atoms with Gasteiger partial charge in [-0.05, 0) is 80.3 Å². The standard InChI is InChI=1S/C33H43N3O2/c1-3-24-8-7-15-34(22-24)16-17-35-18-19-36-30-21-26(33(37)38)12-14-27(30)31(25-9-5-4-6-10-25)32(36)28-13-11-23(2)20-29(28)35/h11-14,20-21,24-25H,3-10,15-19,22H2,1-2H3,(H,37,38). The van der Waals surface area contributed by atoms with Crippen LogP contribution in [0.2, 0.25) is 0 Å². The van der Waals surface area contributed by atoms with Gasteiger partial charge in [-0.1, -0.05) is 50.8 Å². The lowest BCUT2D eigenvalue weighted by Gasteiger charge is -2.34. The molecule has 0 spiro atoms. The molecule has 1 aromatic heterocycles. The smallest absolute Gasteiger partial charge is 0.335 e. The minimum atomic E-state index is -0.847. The third kappa shape index (κ3) is 4.75. The van der Waals surface area contributed by atoms with Crippen molar-refractivity contribution in [2.45, 2.75) is 77.7 Å². The highest BCUT2D eigenvalue weighted by molar-refractivity contribution is 5.99. The molecule has 1 saturated carbocycles. The third-order valence-corrected chi connectivity index (χ3v) is 9.57. The number of carbonyl (C=O) groups is 1. The number of benzene rings is 2. The van der Waals surface area contributed by atoms with E-state index in [1.54, 1.807) is 6.07 Å². The van der Waals surface area contributed by atoms with E-state index in [-0.39, 0.29) is 0 Å². The Balaban J connectivity index is 1.43. The zero-order chi connectivity index (χ0) is 26.2. The Labute approximate surface area is 227 Å². The van der Waals surface area contributed by atoms with Gasteiger partial charge in [0.1, 0.15) is 0 Å². The van der Waals surface area contributed by atoms with Gasteiger partial charge in [-0.25, -0.2) is 4.79 Å². The van der Waals surface area contributed by atoms with Crippen molar-refractivity contribution < 1.29 is 9.90 Å². The van der Waals surface area contributed by atoms with Crippen LogP contribution in [0.25, 0.3) is 22.2 Å². The number of carboxylic acids is 1. The molecule has 1 unspecified atom stereocenters. The molecule has 6 rings (SSSR count). The third-order valence-electron chi connectivity index (χ3n) is 9.57. The Hall–Kier alpha value is -2.79. The van der Waals surface area contributed by atoms with Gasteiger partial charge in [-0.2, -0.15) is 0 Å². The Morgan fingerprint density at radius 3 is 2.58 bits per heavy atom. The summed E-state index contributed by atoms with van der Waals surface area (Å²) < 4.78 is 2.47. The number of aromatic nitrogens is 1. The fourth-order valence-corrected chi connectivity index (χ4v) is 7.46. The van der Waals surface area contributed by atoms with Crippen molar-refractivity contribution in [3.63, 3.8) is 0 Å². The zero-order valence-electron chi connectivity index (χ0n) is 23.2. The van der Waals surface area contributed by atoms with Gasteiger partial charge >= 0.3 is 5.97 Å². The predicted octanol–water partition coefficient (Wildman–Crippen LogP) is 7.30. The number of fused-ring (bicyclic) bond motifs is 5. The number of aromatic carboxylic acids is 1. The average Bonchev–Trinajstić information content (AvgIpc) is 3.18. The Bertz CT molecular complexity index is 1320. The first-order valence-corrected chi connectivity index (χ1v) is 15.0. The van der Waals surface area contributed by atoms with Crippen molar-refractivity contribution in [1.82, 2.24) is 9.47 Å². The maximum atomic E-state index is 11.9. The molecule has 5 nitrogen and oxygen atoms in total. The largest absolute Gasteiger partial charge is 0.478 e. The normalized spacial score (nSPS) is 20.8. The van der Waals surface area contributed by atoms with Crippen LogP contribution in [0.4, 0.5) is 5.69 Å². The van der Waals surface area contributed by atoms with E-state index in [1.807, 2.05) is 6.07 Å². The van der Waals surface area contributed by atoms with E-state index in [4.69, 9.17) is 0 Å². The highest BCUT2D eigenvalue weighted by Gasteiger charge is 2.31. The van der Waals surface area contributed by atoms with Crippen molar-refractivity contribution in [3.05, 3.63) is 53.1 Å². The van der Waals surface area contributed by atoms with E-state index in [1.165, 1.54) is 97.9 Å². The molecule has 38 heavy (non-hydrogen) atoms. The van der Waals surface area contributed by atoms with E-state index < -0.39 is 5.97 Å². The quantitative estimate of drug-likeness (QED) is 0.376. The molecular weight excluding hydrogens is 470 g/mol. The van der Waals surface area contributed by atoms with Crippen molar-refractivity contribution in [2.75, 3.05) is 37.6 Å². The fraction of sp³-hybridized carbons (Fsp3) is 0.545. The number of piperidine rings is 1. The highest BCUT2D eigenvalue weighted by atomic mass is 16.4. The molecule has 3 aromatic rings. The minimum Gasteiger partial charge on any atom is -0.478 e. The Kier molecular flexibility index (Phi) is 7.22. The first-order valence-electron chi connectivity index (χ1n) is 15.0. The number of carboxylic acid groups (broad SMARTS) is 1. The molecule has 3 aliphatic rings. The van der Waals surface area contributed by atoms with Crippen LogP contribution in [0.5, 0.6) is 0 Å². The SMILES string of the molecule is CCC1CCCN(CCN2CCn3c(c(C4CCCCC4)c4ccc(C(=O)O)cc43)-c3ccc(C)cc32)C1. The van der Waals surface area contributed by atoms with Crippen LogP contribution >= 0.6 is 0 Å². The number of likely N-dealkylation sites (tertiary alicyclic amines) is 1. The molecule has 0 amide bonds. The average molecular weight is 514 g/mol. The summed E-state index contributed by atoms with van der Waals surface area (Å²) in [5.74, 6) is 0.536. The summed E-state index contributed by atoms with van der Waals surface area (Å²) in [6.45, 7) is 11.0. The van der Waals surface area contributed by atoms with Crippen LogP contribution in [0.3, 0.4) is 0 Å². The van der Waals surface area contributed by atoms with Crippen molar-refractivity contribution in [3.8, 4) is 11.3 Å². The molecule has 2 fully saturated rings. The second-order valence-electron chi connectivity index (χ2n) is 12.0. The molecule has 1 saturated heterocycles. The zero-order valence-corrected chi connectivity index (χ0v) is 23.2. The van der Waals surface area contributed by atoms with E-state index in [2.05, 4.69) is 52.5 Å². The van der Waals surface area contributed by atoms with E-state index >= 15 is 0 Å². The maximum Gasteiger partial charge on any atom is 0.335 e. The maximum absolute atomic E-state index is 11.9. The summed E-state index contributed by atoms with van der Waals surface area (Å²) in [5.41, 5.74) is 8.26. The molecule has 2 aliphatic heterocycles. The minimum absolute atomic E-state index is 0.383. The lowest BCUT2D eigenvalue weighted by Crippen LogP contribution is -2.41. The summed E-state index contributed by atoms with van der Waals surface area (Å²) in [4.78, 5) is 17.2. The van der Waals surface area contributed by atoms with Gasteiger partial charge in [-0.3, -0.25) is 0 Å². The van der Waals surface area contributed by atoms with Gasteiger partial charge < -0.3 is 19.5 Å². The monoisotopic (exact) mass is 513 g/mol. The lowest BCUT2D eigenvalue weighted by molar-refractivity contribution is 0.0697. The van der Waals surface area contributed by atoms with Gasteiger partial charge in [0.05, 0.1) is 11.3 Å². The number of hydrogen-bond donors (Lipinski definition) is 1. The van der Waals surface area contributed by atoms with Gasteiger partial charge in [0.25, 0.3) is 0 Å². The summed E-state index contributed by atoms with van der Waals surface area (Å²) in [6, 6.07) is 12.8. The topological polar surface area (TPSA) is 48.7 Å². The van der Waals surface area contributed by atoms with Gasteiger partial charge in [-0.15, -0.1) is 0 Å². The predicted molar refractivity (Wildman–Crippen MR) is 157 cm³/mol. The summed E-state index contributed by atoms with van der Waals surface area (Å²) in [5, 5.41) is 11.1. The number of aryl methyl sites for hydroxylation is 1. The van der Waals surface area contributed by atoms with Crippen molar-refractivity contribution >= 4 is 22.6 Å². The van der Waals surface area contributed by atoms with Crippen molar-refractivity contribution in [2.24, 2.45) is 5.92 Å². The molecule has 5 heteroatoms. The second kappa shape index (κ2) is 10.8. The van der Waals surface area contributed by atoms with Crippen LogP contribution in [-0.2, 0) is 6.54 Å². The molecule has 1 atom stereocenters. The molecule has 1 aliphatic carbocycles. The van der Waals surface area contributed by atoms with Crippen LogP contribution in [0.1, 0.15) is 85.7 Å². The molecule has 0 radical (unpaired) electrons. The molecule has 2 aromatic carbocycles. The van der Waals surface area contributed by atoms with Crippen molar-refractivity contribution in [1.29, 1.82) is 0 Å². The van der Waals surface area contributed by atoms with E-state index in [0.717, 1.165) is 37.6 Å². The van der Waals surface area contributed by atoms with E-state index in [9.17, 15) is 9.90 Å². The second-order valence-corrected chi connectivity index (χ2v) is 12.0. The number of nitrogens with zero attached hydrogens (tertiary/aromatic N) is 3. The van der Waals surface area contributed by atoms with Crippen LogP contribution in [0.15, 0.2) is 36.4 Å². The highest BCUT2D eigenvalue weighted by Crippen LogP contribution is 2.47. The summed E-state index contributed by atoms with van der Waals surface area (Å²) in [7, 11) is 0.